The maximum Gasteiger partial charge on any atom is 0.309 e. The molecule has 0 aromatic carbocycles. The summed E-state index contributed by atoms with van der Waals surface area (Å²) in [6.45, 7) is 9.41. The van der Waals surface area contributed by atoms with E-state index in [1.54, 1.807) is 0 Å². The summed E-state index contributed by atoms with van der Waals surface area (Å²) in [6, 6.07) is 0. The molecule has 0 aliphatic rings. The fourth-order valence-corrected chi connectivity index (χ4v) is 1.64. The van der Waals surface area contributed by atoms with E-state index in [4.69, 9.17) is 0 Å². The Bertz CT molecular complexity index is 252. The molecule has 0 fully saturated rings. The Hall–Kier alpha value is -1.06. The van der Waals surface area contributed by atoms with Crippen LogP contribution in [0.4, 0.5) is 0 Å². The van der Waals surface area contributed by atoms with Crippen molar-refractivity contribution in [3.63, 3.8) is 0 Å². The van der Waals surface area contributed by atoms with Gasteiger partial charge in [-0.3, -0.25) is 9.59 Å². The predicted molar refractivity (Wildman–Crippen MR) is 74.2 cm³/mol. The van der Waals surface area contributed by atoms with Crippen LogP contribution in [0.3, 0.4) is 0 Å². The molecule has 4 nitrogen and oxygen atoms in total. The van der Waals surface area contributed by atoms with Gasteiger partial charge in [0.2, 0.25) is 0 Å². The first-order valence-corrected chi connectivity index (χ1v) is 7.07. The molecule has 0 saturated carbocycles. The third kappa shape index (κ3) is 8.09. The van der Waals surface area contributed by atoms with Crippen LogP contribution in [0, 0.1) is 11.8 Å². The van der Waals surface area contributed by atoms with Gasteiger partial charge in [-0.05, 0) is 18.3 Å². The smallest absolute Gasteiger partial charge is 0.309 e. The molecule has 0 aromatic rings. The highest BCUT2D eigenvalue weighted by molar-refractivity contribution is 6.35. The lowest BCUT2D eigenvalue weighted by Gasteiger charge is -2.15. The minimum absolute atomic E-state index is 0.356. The molecular weight excluding hydrogens is 228 g/mol. The van der Waals surface area contributed by atoms with Gasteiger partial charge >= 0.3 is 11.8 Å². The van der Waals surface area contributed by atoms with Gasteiger partial charge in [0.1, 0.15) is 0 Å². The van der Waals surface area contributed by atoms with Gasteiger partial charge in [0.25, 0.3) is 0 Å². The molecule has 2 amide bonds. The zero-order valence-electron chi connectivity index (χ0n) is 12.2. The van der Waals surface area contributed by atoms with Gasteiger partial charge in [0.15, 0.2) is 0 Å². The zero-order chi connectivity index (χ0) is 14.0. The molecule has 0 aliphatic heterocycles. The van der Waals surface area contributed by atoms with E-state index in [2.05, 4.69) is 24.5 Å². The van der Waals surface area contributed by atoms with Crippen molar-refractivity contribution in [1.82, 2.24) is 10.6 Å². The third-order valence-electron chi connectivity index (χ3n) is 2.97. The first-order chi connectivity index (χ1) is 8.51. The molecule has 4 heteroatoms. The second-order valence-corrected chi connectivity index (χ2v) is 5.23. The van der Waals surface area contributed by atoms with Crippen molar-refractivity contribution in [1.29, 1.82) is 0 Å². The Morgan fingerprint density at radius 3 is 2.00 bits per heavy atom. The van der Waals surface area contributed by atoms with E-state index in [1.807, 2.05) is 13.8 Å². The second kappa shape index (κ2) is 9.92. The van der Waals surface area contributed by atoms with Crippen LogP contribution < -0.4 is 10.6 Å². The van der Waals surface area contributed by atoms with Gasteiger partial charge in [0, 0.05) is 13.1 Å². The summed E-state index contributed by atoms with van der Waals surface area (Å²) in [5.41, 5.74) is 0. The van der Waals surface area contributed by atoms with Crippen molar-refractivity contribution < 1.29 is 9.59 Å². The van der Waals surface area contributed by atoms with E-state index in [9.17, 15) is 9.59 Å². The highest BCUT2D eigenvalue weighted by Crippen LogP contribution is 2.10. The van der Waals surface area contributed by atoms with Crippen LogP contribution in [0.2, 0.25) is 0 Å². The number of hydrogen-bond acceptors (Lipinski definition) is 2. The van der Waals surface area contributed by atoms with Crippen LogP contribution in [-0.4, -0.2) is 24.9 Å². The fraction of sp³-hybridized carbons (Fsp3) is 0.857. The van der Waals surface area contributed by atoms with Crippen molar-refractivity contribution in [3.05, 3.63) is 0 Å². The molecule has 0 aromatic heterocycles. The molecule has 1 atom stereocenters. The molecule has 0 bridgehead atoms. The van der Waals surface area contributed by atoms with Crippen LogP contribution in [0.15, 0.2) is 0 Å². The van der Waals surface area contributed by atoms with Crippen LogP contribution >= 0.6 is 0 Å². The van der Waals surface area contributed by atoms with Gasteiger partial charge in [-0.25, -0.2) is 0 Å². The van der Waals surface area contributed by atoms with Crippen molar-refractivity contribution in [2.24, 2.45) is 11.8 Å². The van der Waals surface area contributed by atoms with E-state index < -0.39 is 11.8 Å². The number of carbonyl (C=O) groups excluding carboxylic acids is 2. The molecule has 2 N–H and O–H groups in total. The molecular formula is C14H28N2O2. The van der Waals surface area contributed by atoms with E-state index in [0.717, 1.165) is 12.8 Å². The Balaban J connectivity index is 3.88. The van der Waals surface area contributed by atoms with Crippen molar-refractivity contribution in [2.75, 3.05) is 13.1 Å². The van der Waals surface area contributed by atoms with Gasteiger partial charge in [-0.2, -0.15) is 0 Å². The molecule has 1 unspecified atom stereocenters. The van der Waals surface area contributed by atoms with Crippen LogP contribution in [-0.2, 0) is 9.59 Å². The number of carbonyl (C=O) groups is 2. The first kappa shape index (κ1) is 16.9. The summed E-state index contributed by atoms with van der Waals surface area (Å²) in [5.74, 6) is -0.193. The van der Waals surface area contributed by atoms with E-state index in [1.165, 1.54) is 12.8 Å². The minimum Gasteiger partial charge on any atom is -0.348 e. The van der Waals surface area contributed by atoms with Crippen LogP contribution in [0.25, 0.3) is 0 Å². The average Bonchev–Trinajstić information content (AvgIpc) is 2.35. The number of hydrogen-bond donors (Lipinski definition) is 2. The molecule has 0 rings (SSSR count). The third-order valence-corrected chi connectivity index (χ3v) is 2.97. The normalized spacial score (nSPS) is 12.3. The van der Waals surface area contributed by atoms with E-state index in [0.29, 0.717) is 24.9 Å². The molecule has 106 valence electrons. The van der Waals surface area contributed by atoms with Crippen molar-refractivity contribution >= 4 is 11.8 Å². The molecule has 0 heterocycles. The number of amides is 2. The standard InChI is InChI=1S/C14H28N2O2/c1-5-7-8-12(6-2)10-16-14(18)13(17)15-9-11(3)4/h11-12H,5-10H2,1-4H3,(H,15,17)(H,16,18). The Labute approximate surface area is 111 Å². The van der Waals surface area contributed by atoms with Gasteiger partial charge in [0.05, 0.1) is 0 Å². The first-order valence-electron chi connectivity index (χ1n) is 7.07. The summed E-state index contributed by atoms with van der Waals surface area (Å²) >= 11 is 0. The zero-order valence-corrected chi connectivity index (χ0v) is 12.2. The predicted octanol–water partition coefficient (Wildman–Crippen LogP) is 2.09. The molecule has 0 saturated heterocycles. The molecule has 18 heavy (non-hydrogen) atoms. The second-order valence-electron chi connectivity index (χ2n) is 5.23. The lowest BCUT2D eigenvalue weighted by atomic mass is 9.99. The monoisotopic (exact) mass is 256 g/mol. The largest absolute Gasteiger partial charge is 0.348 e. The summed E-state index contributed by atoms with van der Waals surface area (Å²) in [6.07, 6.45) is 4.49. The van der Waals surface area contributed by atoms with Gasteiger partial charge in [-0.1, -0.05) is 47.0 Å². The quantitative estimate of drug-likeness (QED) is 0.653. The van der Waals surface area contributed by atoms with Gasteiger partial charge < -0.3 is 10.6 Å². The summed E-state index contributed by atoms with van der Waals surface area (Å²) in [7, 11) is 0. The molecule has 0 aliphatic carbocycles. The Morgan fingerprint density at radius 1 is 1.00 bits per heavy atom. The van der Waals surface area contributed by atoms with Crippen molar-refractivity contribution in [2.45, 2.75) is 53.4 Å². The van der Waals surface area contributed by atoms with E-state index in [-0.39, 0.29) is 0 Å². The van der Waals surface area contributed by atoms with Crippen molar-refractivity contribution in [3.8, 4) is 0 Å². The number of unbranched alkanes of at least 4 members (excludes halogenated alkanes) is 1. The summed E-state index contributed by atoms with van der Waals surface area (Å²) in [4.78, 5) is 23.0. The number of nitrogens with one attached hydrogen (secondary N) is 2. The van der Waals surface area contributed by atoms with E-state index >= 15 is 0 Å². The topological polar surface area (TPSA) is 58.2 Å². The average molecular weight is 256 g/mol. The Kier molecular flexibility index (Phi) is 9.33. The van der Waals surface area contributed by atoms with Crippen LogP contribution in [0.5, 0.6) is 0 Å². The highest BCUT2D eigenvalue weighted by atomic mass is 16.2. The summed E-state index contributed by atoms with van der Waals surface area (Å²) in [5, 5.41) is 5.33. The molecule has 0 spiro atoms. The maximum atomic E-state index is 11.5. The van der Waals surface area contributed by atoms with Crippen LogP contribution in [0.1, 0.15) is 53.4 Å². The highest BCUT2D eigenvalue weighted by Gasteiger charge is 2.14. The SMILES string of the molecule is CCCCC(CC)CNC(=O)C(=O)NCC(C)C. The molecule has 0 radical (unpaired) electrons. The van der Waals surface area contributed by atoms with Gasteiger partial charge in [-0.15, -0.1) is 0 Å². The number of rotatable bonds is 8. The lowest BCUT2D eigenvalue weighted by Crippen LogP contribution is -2.42. The summed E-state index contributed by atoms with van der Waals surface area (Å²) < 4.78 is 0. The minimum atomic E-state index is -0.519. The Morgan fingerprint density at radius 2 is 1.56 bits per heavy atom. The fourth-order valence-electron chi connectivity index (χ4n) is 1.64. The lowest BCUT2D eigenvalue weighted by molar-refractivity contribution is -0.139. The maximum absolute atomic E-state index is 11.5.